The molecule has 1 heterocycles. The third kappa shape index (κ3) is 5.37. The quantitative estimate of drug-likeness (QED) is 0.750. The predicted molar refractivity (Wildman–Crippen MR) is 105 cm³/mol. The summed E-state index contributed by atoms with van der Waals surface area (Å²) < 4.78 is 11.0. The van der Waals surface area contributed by atoms with Gasteiger partial charge in [-0.1, -0.05) is 42.5 Å². The molecule has 2 N–H and O–H groups in total. The Hall–Kier alpha value is -2.73. The van der Waals surface area contributed by atoms with Crippen LogP contribution in [0.15, 0.2) is 48.5 Å². The fraction of sp³-hybridized carbons (Fsp3) is 0.381. The second-order valence-electron chi connectivity index (χ2n) is 6.84. The van der Waals surface area contributed by atoms with Crippen molar-refractivity contribution in [2.45, 2.75) is 18.9 Å². The van der Waals surface area contributed by atoms with Crippen LogP contribution in [-0.4, -0.2) is 51.0 Å². The number of urea groups is 1. The standard InChI is InChI=1S/C21H27N3O3/c1-24(2)18(13-17-9-6-10-19-20(17)27-15-26-19)14-23-21(25)22-12-11-16-7-4-3-5-8-16/h3-10,18H,11-15H2,1-2H3,(H2,22,23,25). The Morgan fingerprint density at radius 2 is 1.89 bits per heavy atom. The van der Waals surface area contributed by atoms with E-state index in [1.165, 1.54) is 5.56 Å². The molecule has 0 spiro atoms. The molecule has 0 fully saturated rings. The van der Waals surface area contributed by atoms with Gasteiger partial charge in [0.2, 0.25) is 6.79 Å². The minimum atomic E-state index is -0.143. The van der Waals surface area contributed by atoms with Crippen LogP contribution in [0.2, 0.25) is 0 Å². The number of hydrogen-bond donors (Lipinski definition) is 2. The second-order valence-corrected chi connectivity index (χ2v) is 6.84. The van der Waals surface area contributed by atoms with Crippen molar-refractivity contribution in [2.24, 2.45) is 0 Å². The lowest BCUT2D eigenvalue weighted by Gasteiger charge is -2.25. The van der Waals surface area contributed by atoms with Crippen LogP contribution in [0.25, 0.3) is 0 Å². The fourth-order valence-corrected chi connectivity index (χ4v) is 3.08. The summed E-state index contributed by atoms with van der Waals surface area (Å²) in [7, 11) is 4.03. The molecular weight excluding hydrogens is 342 g/mol. The molecule has 6 nitrogen and oxygen atoms in total. The predicted octanol–water partition coefficient (Wildman–Crippen LogP) is 2.43. The molecule has 27 heavy (non-hydrogen) atoms. The van der Waals surface area contributed by atoms with Gasteiger partial charge in [0.25, 0.3) is 0 Å². The second kappa shape index (κ2) is 9.28. The highest BCUT2D eigenvalue weighted by Gasteiger charge is 2.21. The average molecular weight is 369 g/mol. The zero-order valence-corrected chi connectivity index (χ0v) is 15.9. The van der Waals surface area contributed by atoms with E-state index in [4.69, 9.17) is 9.47 Å². The van der Waals surface area contributed by atoms with E-state index in [1.807, 2.05) is 50.5 Å². The molecule has 0 saturated heterocycles. The van der Waals surface area contributed by atoms with Crippen LogP contribution in [-0.2, 0) is 12.8 Å². The highest BCUT2D eigenvalue weighted by atomic mass is 16.7. The van der Waals surface area contributed by atoms with E-state index in [1.54, 1.807) is 0 Å². The van der Waals surface area contributed by atoms with Gasteiger partial charge in [-0.2, -0.15) is 0 Å². The van der Waals surface area contributed by atoms with Gasteiger partial charge in [0, 0.05) is 19.1 Å². The topological polar surface area (TPSA) is 62.8 Å². The number of carbonyl (C=O) groups is 1. The first-order valence-electron chi connectivity index (χ1n) is 9.23. The maximum atomic E-state index is 12.1. The van der Waals surface area contributed by atoms with Gasteiger partial charge >= 0.3 is 6.03 Å². The molecule has 0 aliphatic carbocycles. The van der Waals surface area contributed by atoms with Crippen molar-refractivity contribution >= 4 is 6.03 Å². The van der Waals surface area contributed by atoms with Crippen molar-refractivity contribution in [1.82, 2.24) is 15.5 Å². The van der Waals surface area contributed by atoms with Crippen LogP contribution in [0, 0.1) is 0 Å². The van der Waals surface area contributed by atoms with Crippen LogP contribution in [0.4, 0.5) is 4.79 Å². The Balaban J connectivity index is 1.47. The largest absolute Gasteiger partial charge is 0.454 e. The first-order chi connectivity index (χ1) is 13.1. The van der Waals surface area contributed by atoms with Crippen LogP contribution in [0.3, 0.4) is 0 Å². The molecule has 0 aromatic heterocycles. The van der Waals surface area contributed by atoms with Crippen molar-refractivity contribution in [3.8, 4) is 11.5 Å². The Kier molecular flexibility index (Phi) is 6.54. The van der Waals surface area contributed by atoms with E-state index in [9.17, 15) is 4.79 Å². The van der Waals surface area contributed by atoms with Gasteiger partial charge in [-0.05, 0) is 44.1 Å². The van der Waals surface area contributed by atoms with E-state index in [0.717, 1.165) is 29.9 Å². The molecule has 2 aromatic carbocycles. The molecular formula is C21H27N3O3. The Morgan fingerprint density at radius 3 is 2.67 bits per heavy atom. The number of fused-ring (bicyclic) bond motifs is 1. The van der Waals surface area contributed by atoms with Crippen molar-refractivity contribution in [3.63, 3.8) is 0 Å². The molecule has 2 amide bonds. The van der Waals surface area contributed by atoms with E-state index in [2.05, 4.69) is 27.7 Å². The molecule has 0 radical (unpaired) electrons. The number of rotatable bonds is 8. The number of ether oxygens (including phenoxy) is 2. The minimum absolute atomic E-state index is 0.143. The van der Waals surface area contributed by atoms with Gasteiger partial charge in [-0.15, -0.1) is 0 Å². The summed E-state index contributed by atoms with van der Waals surface area (Å²) >= 11 is 0. The van der Waals surface area contributed by atoms with Crippen LogP contribution in [0.1, 0.15) is 11.1 Å². The smallest absolute Gasteiger partial charge is 0.314 e. The van der Waals surface area contributed by atoms with Crippen LogP contribution in [0.5, 0.6) is 11.5 Å². The molecule has 1 aliphatic heterocycles. The number of likely N-dealkylation sites (N-methyl/N-ethyl adjacent to an activating group) is 1. The Morgan fingerprint density at radius 1 is 1.07 bits per heavy atom. The van der Waals surface area contributed by atoms with Gasteiger partial charge in [0.1, 0.15) is 0 Å². The maximum absolute atomic E-state index is 12.1. The lowest BCUT2D eigenvalue weighted by Crippen LogP contribution is -2.45. The summed E-state index contributed by atoms with van der Waals surface area (Å²) in [5.74, 6) is 1.60. The van der Waals surface area contributed by atoms with Crippen LogP contribution >= 0.6 is 0 Å². The molecule has 3 rings (SSSR count). The average Bonchev–Trinajstić information content (AvgIpc) is 3.15. The van der Waals surface area contributed by atoms with Gasteiger partial charge in [0.15, 0.2) is 11.5 Å². The number of hydrogen-bond acceptors (Lipinski definition) is 4. The van der Waals surface area contributed by atoms with Gasteiger partial charge in [-0.3, -0.25) is 0 Å². The first-order valence-corrected chi connectivity index (χ1v) is 9.23. The molecule has 2 aromatic rings. The number of nitrogens with one attached hydrogen (secondary N) is 2. The third-order valence-electron chi connectivity index (χ3n) is 4.70. The van der Waals surface area contributed by atoms with E-state index in [0.29, 0.717) is 13.1 Å². The summed E-state index contributed by atoms with van der Waals surface area (Å²) in [5.41, 5.74) is 2.30. The highest BCUT2D eigenvalue weighted by Crippen LogP contribution is 2.36. The van der Waals surface area contributed by atoms with Crippen molar-refractivity contribution in [1.29, 1.82) is 0 Å². The molecule has 1 atom stereocenters. The number of benzene rings is 2. The minimum Gasteiger partial charge on any atom is -0.454 e. The molecule has 144 valence electrons. The van der Waals surface area contributed by atoms with Gasteiger partial charge in [0.05, 0.1) is 0 Å². The van der Waals surface area contributed by atoms with Gasteiger partial charge < -0.3 is 25.0 Å². The zero-order chi connectivity index (χ0) is 19.1. The SMILES string of the molecule is CN(C)C(CNC(=O)NCCc1ccccc1)Cc1cccc2c1OCO2. The summed E-state index contributed by atoms with van der Waals surface area (Å²) in [6.45, 7) is 1.43. The fourth-order valence-electron chi connectivity index (χ4n) is 3.08. The maximum Gasteiger partial charge on any atom is 0.314 e. The van der Waals surface area contributed by atoms with E-state index >= 15 is 0 Å². The first kappa shape index (κ1) is 19.0. The Labute approximate surface area is 160 Å². The number of amides is 2. The lowest BCUT2D eigenvalue weighted by atomic mass is 10.0. The summed E-state index contributed by atoms with van der Waals surface area (Å²) in [6.07, 6.45) is 1.59. The summed E-state index contributed by atoms with van der Waals surface area (Å²) in [4.78, 5) is 14.2. The molecule has 1 unspecified atom stereocenters. The Bertz CT molecular complexity index is 750. The summed E-state index contributed by atoms with van der Waals surface area (Å²) in [5, 5.41) is 5.89. The van der Waals surface area contributed by atoms with Crippen LogP contribution < -0.4 is 20.1 Å². The van der Waals surface area contributed by atoms with Crippen molar-refractivity contribution in [2.75, 3.05) is 34.0 Å². The number of para-hydroxylation sites is 1. The van der Waals surface area contributed by atoms with Crippen molar-refractivity contribution < 1.29 is 14.3 Å². The van der Waals surface area contributed by atoms with Gasteiger partial charge in [-0.25, -0.2) is 4.79 Å². The monoisotopic (exact) mass is 369 g/mol. The number of nitrogens with zero attached hydrogens (tertiary/aromatic N) is 1. The van der Waals surface area contributed by atoms with E-state index in [-0.39, 0.29) is 18.9 Å². The third-order valence-corrected chi connectivity index (χ3v) is 4.70. The molecule has 0 bridgehead atoms. The van der Waals surface area contributed by atoms with E-state index < -0.39 is 0 Å². The lowest BCUT2D eigenvalue weighted by molar-refractivity contribution is 0.172. The zero-order valence-electron chi connectivity index (χ0n) is 15.9. The summed E-state index contributed by atoms with van der Waals surface area (Å²) in [6, 6.07) is 16.1. The molecule has 6 heteroatoms. The van der Waals surface area contributed by atoms with Crippen molar-refractivity contribution in [3.05, 3.63) is 59.7 Å². The number of carbonyl (C=O) groups excluding carboxylic acids is 1. The molecule has 0 saturated carbocycles. The molecule has 1 aliphatic rings. The highest BCUT2D eigenvalue weighted by molar-refractivity contribution is 5.73. The normalized spacial score (nSPS) is 13.4.